The molecule has 0 aliphatic rings. The maximum Gasteiger partial charge on any atom is 0.228 e. The molecule has 1 amide bonds. The predicted molar refractivity (Wildman–Crippen MR) is 146 cm³/mol. The van der Waals surface area contributed by atoms with E-state index in [1.54, 1.807) is 43.3 Å². The zero-order valence-corrected chi connectivity index (χ0v) is 23.6. The molecule has 0 radical (unpaired) electrons. The van der Waals surface area contributed by atoms with Gasteiger partial charge in [0, 0.05) is 47.3 Å². The third-order valence-electron chi connectivity index (χ3n) is 6.56. The van der Waals surface area contributed by atoms with Gasteiger partial charge in [-0.05, 0) is 59.9 Å². The van der Waals surface area contributed by atoms with Crippen LogP contribution in [0.4, 0.5) is 0 Å². The van der Waals surface area contributed by atoms with Crippen LogP contribution < -0.4 is 0 Å². The Morgan fingerprint density at radius 3 is 2.06 bits per heavy atom. The normalized spacial score (nSPS) is 12.3. The third kappa shape index (κ3) is 5.27. The van der Waals surface area contributed by atoms with Gasteiger partial charge in [0.05, 0.1) is 11.2 Å². The van der Waals surface area contributed by atoms with Gasteiger partial charge in [-0.1, -0.05) is 60.1 Å². The van der Waals surface area contributed by atoms with Gasteiger partial charge >= 0.3 is 0 Å². The van der Waals surface area contributed by atoms with E-state index in [0.717, 1.165) is 5.56 Å². The first-order chi connectivity index (χ1) is 16.6. The molecule has 0 spiro atoms. The summed E-state index contributed by atoms with van der Waals surface area (Å²) in [4.78, 5) is 42.7. The highest BCUT2D eigenvalue weighted by atomic mass is 35.5. The van der Waals surface area contributed by atoms with Crippen LogP contribution in [0.2, 0.25) is 5.02 Å². The first-order valence-corrected chi connectivity index (χ1v) is 12.7. The van der Waals surface area contributed by atoms with Crippen molar-refractivity contribution >= 4 is 34.6 Å². The Hall–Kier alpha value is -2.92. The molecule has 0 atom stereocenters. The van der Waals surface area contributed by atoms with E-state index in [0.29, 0.717) is 32.9 Å². The highest BCUT2D eigenvalue weighted by molar-refractivity contribution is 6.30. The average Bonchev–Trinajstić information content (AvgIpc) is 3.09. The van der Waals surface area contributed by atoms with Crippen molar-refractivity contribution in [1.29, 1.82) is 0 Å². The van der Waals surface area contributed by atoms with Crippen molar-refractivity contribution in [2.75, 3.05) is 14.1 Å². The standard InChI is InChI=1S/C30H37ClN2O3/c1-18(2)20-14-15-33-23(16-20)24(27(35)29(3,4)5)22(17-30(6,7)28(36)32(8)9)25(33)26(34)19-10-12-21(31)13-11-19/h10-16,18H,17H2,1-9H3. The Kier molecular flexibility index (Phi) is 7.57. The van der Waals surface area contributed by atoms with Crippen molar-refractivity contribution in [3.63, 3.8) is 0 Å². The van der Waals surface area contributed by atoms with Gasteiger partial charge in [-0.3, -0.25) is 14.4 Å². The summed E-state index contributed by atoms with van der Waals surface area (Å²) in [7, 11) is 3.44. The minimum absolute atomic E-state index is 0.0563. The second-order valence-electron chi connectivity index (χ2n) is 11.7. The van der Waals surface area contributed by atoms with Gasteiger partial charge in [-0.25, -0.2) is 0 Å². The number of aromatic nitrogens is 1. The molecule has 0 fully saturated rings. The lowest BCUT2D eigenvalue weighted by atomic mass is 9.78. The van der Waals surface area contributed by atoms with E-state index >= 15 is 0 Å². The zero-order chi connectivity index (χ0) is 27.2. The van der Waals surface area contributed by atoms with Crippen LogP contribution in [0.3, 0.4) is 0 Å². The molecule has 6 heteroatoms. The quantitative estimate of drug-likeness (QED) is 0.328. The summed E-state index contributed by atoms with van der Waals surface area (Å²) in [5.74, 6) is -0.0954. The van der Waals surface area contributed by atoms with Gasteiger partial charge in [0.2, 0.25) is 11.7 Å². The van der Waals surface area contributed by atoms with E-state index in [4.69, 9.17) is 11.6 Å². The van der Waals surface area contributed by atoms with Crippen molar-refractivity contribution in [2.45, 2.75) is 60.8 Å². The molecule has 0 saturated carbocycles. The molecule has 3 aromatic rings. The SMILES string of the molecule is CC(C)c1ccn2c(C(=O)c3ccc(Cl)cc3)c(CC(C)(C)C(=O)N(C)C)c(C(=O)C(C)(C)C)c2c1. The van der Waals surface area contributed by atoms with Gasteiger partial charge in [-0.2, -0.15) is 0 Å². The number of fused-ring (bicyclic) bond motifs is 1. The number of carbonyl (C=O) groups excluding carboxylic acids is 3. The first-order valence-electron chi connectivity index (χ1n) is 12.3. The number of hydrogen-bond donors (Lipinski definition) is 0. The number of halogens is 1. The van der Waals surface area contributed by atoms with E-state index in [1.807, 2.05) is 57.3 Å². The average molecular weight is 509 g/mol. The molecule has 192 valence electrons. The molecule has 2 aromatic heterocycles. The Morgan fingerprint density at radius 1 is 0.972 bits per heavy atom. The van der Waals surface area contributed by atoms with Crippen LogP contribution in [0.1, 0.15) is 91.9 Å². The van der Waals surface area contributed by atoms with Gasteiger partial charge in [0.25, 0.3) is 0 Å². The summed E-state index contributed by atoms with van der Waals surface area (Å²) in [5.41, 5.74) is 2.26. The molecule has 0 aliphatic heterocycles. The monoisotopic (exact) mass is 508 g/mol. The van der Waals surface area contributed by atoms with Crippen LogP contribution in [0.15, 0.2) is 42.6 Å². The fourth-order valence-electron chi connectivity index (χ4n) is 4.59. The summed E-state index contributed by atoms with van der Waals surface area (Å²) in [6.07, 6.45) is 2.12. The molecular formula is C30H37ClN2O3. The van der Waals surface area contributed by atoms with Gasteiger partial charge < -0.3 is 9.30 Å². The molecule has 0 bridgehead atoms. The van der Waals surface area contributed by atoms with E-state index in [2.05, 4.69) is 13.8 Å². The number of benzene rings is 1. The Labute approximate surface area is 219 Å². The Balaban J connectivity index is 2.44. The molecule has 3 rings (SSSR count). The number of amides is 1. The largest absolute Gasteiger partial charge is 0.348 e. The molecule has 2 heterocycles. The van der Waals surface area contributed by atoms with Crippen molar-refractivity contribution in [1.82, 2.24) is 9.30 Å². The summed E-state index contributed by atoms with van der Waals surface area (Å²) in [6, 6.07) is 10.7. The first kappa shape index (κ1) is 27.7. The van der Waals surface area contributed by atoms with Gasteiger partial charge in [0.1, 0.15) is 0 Å². The topological polar surface area (TPSA) is 58.9 Å². The summed E-state index contributed by atoms with van der Waals surface area (Å²) in [6.45, 7) is 13.6. The Bertz CT molecular complexity index is 1320. The molecule has 36 heavy (non-hydrogen) atoms. The lowest BCUT2D eigenvalue weighted by molar-refractivity contribution is -0.137. The minimum atomic E-state index is -0.836. The molecule has 5 nitrogen and oxygen atoms in total. The van der Waals surface area contributed by atoms with Crippen LogP contribution in [0.5, 0.6) is 0 Å². The number of Topliss-reactive ketones (excluding diaryl/α,β-unsaturated/α-hetero) is 1. The summed E-state index contributed by atoms with van der Waals surface area (Å²) >= 11 is 6.08. The molecule has 0 N–H and O–H groups in total. The van der Waals surface area contributed by atoms with Crippen molar-refractivity contribution in [3.8, 4) is 0 Å². The number of pyridine rings is 1. The highest BCUT2D eigenvalue weighted by Crippen LogP contribution is 2.37. The van der Waals surface area contributed by atoms with Crippen LogP contribution in [0, 0.1) is 10.8 Å². The van der Waals surface area contributed by atoms with E-state index in [-0.39, 0.29) is 29.8 Å². The Morgan fingerprint density at radius 2 is 1.56 bits per heavy atom. The maximum absolute atomic E-state index is 14.0. The predicted octanol–water partition coefficient (Wildman–Crippen LogP) is 6.83. The fraction of sp³-hybridized carbons (Fsp3) is 0.433. The van der Waals surface area contributed by atoms with Crippen molar-refractivity contribution in [2.24, 2.45) is 10.8 Å². The second kappa shape index (κ2) is 9.85. The third-order valence-corrected chi connectivity index (χ3v) is 6.82. The van der Waals surface area contributed by atoms with E-state index < -0.39 is 10.8 Å². The van der Waals surface area contributed by atoms with Crippen molar-refractivity contribution in [3.05, 3.63) is 75.6 Å². The van der Waals surface area contributed by atoms with Gasteiger partial charge in [0.15, 0.2) is 5.78 Å². The van der Waals surface area contributed by atoms with E-state index in [9.17, 15) is 14.4 Å². The lowest BCUT2D eigenvalue weighted by Crippen LogP contribution is -2.38. The number of ketones is 2. The van der Waals surface area contributed by atoms with Crippen LogP contribution in [0.25, 0.3) is 5.52 Å². The molecule has 1 aromatic carbocycles. The van der Waals surface area contributed by atoms with Crippen LogP contribution in [-0.2, 0) is 11.2 Å². The summed E-state index contributed by atoms with van der Waals surface area (Å²) in [5, 5.41) is 0.537. The minimum Gasteiger partial charge on any atom is -0.348 e. The number of carbonyl (C=O) groups is 3. The maximum atomic E-state index is 14.0. The lowest BCUT2D eigenvalue weighted by Gasteiger charge is -2.28. The van der Waals surface area contributed by atoms with Crippen LogP contribution >= 0.6 is 11.6 Å². The molecule has 0 saturated heterocycles. The van der Waals surface area contributed by atoms with Crippen molar-refractivity contribution < 1.29 is 14.4 Å². The second-order valence-corrected chi connectivity index (χ2v) is 12.2. The van der Waals surface area contributed by atoms with Gasteiger partial charge in [-0.15, -0.1) is 0 Å². The fourth-order valence-corrected chi connectivity index (χ4v) is 4.72. The molecular weight excluding hydrogens is 472 g/mol. The highest BCUT2D eigenvalue weighted by Gasteiger charge is 2.38. The smallest absolute Gasteiger partial charge is 0.228 e. The molecule has 0 unspecified atom stereocenters. The number of rotatable bonds is 7. The number of hydrogen-bond acceptors (Lipinski definition) is 3. The molecule has 0 aliphatic carbocycles. The zero-order valence-electron chi connectivity index (χ0n) is 22.8. The van der Waals surface area contributed by atoms with Crippen LogP contribution in [-0.4, -0.2) is 40.9 Å². The van der Waals surface area contributed by atoms with E-state index in [1.165, 1.54) is 0 Å². The summed E-state index contributed by atoms with van der Waals surface area (Å²) < 4.78 is 1.83. The number of nitrogens with zero attached hydrogens (tertiary/aromatic N) is 2.